The van der Waals surface area contributed by atoms with Gasteiger partial charge < -0.3 is 9.61 Å². The molecular weight excluding hydrogens is 393 g/mol. The quantitative estimate of drug-likeness (QED) is 0.514. The standard InChI is InChI=1S/C25H38NOPS/c1-23(2,3)18-16-20(24(4,5)6)22(21(17-18)25(7,8)9)26-28(29,27-10)19-14-12-11-13-15-19/h11-17H,1-10H3,(H,26,29)/t28-/m0/s1. The Morgan fingerprint density at radius 3 is 1.55 bits per heavy atom. The molecule has 0 fully saturated rings. The lowest BCUT2D eigenvalue weighted by atomic mass is 9.74. The fraction of sp³-hybridized carbons (Fsp3) is 0.520. The van der Waals surface area contributed by atoms with E-state index in [-0.39, 0.29) is 16.2 Å². The molecule has 0 aliphatic heterocycles. The number of benzene rings is 2. The first-order valence-electron chi connectivity index (χ1n) is 10.3. The van der Waals surface area contributed by atoms with Crippen LogP contribution in [0.1, 0.15) is 79.0 Å². The van der Waals surface area contributed by atoms with Crippen molar-refractivity contribution in [1.82, 2.24) is 0 Å². The van der Waals surface area contributed by atoms with E-state index < -0.39 is 6.42 Å². The predicted molar refractivity (Wildman–Crippen MR) is 134 cm³/mol. The molecule has 0 bridgehead atoms. The normalized spacial score (nSPS) is 15.1. The van der Waals surface area contributed by atoms with E-state index in [1.54, 1.807) is 7.11 Å². The largest absolute Gasteiger partial charge is 0.334 e. The monoisotopic (exact) mass is 431 g/mol. The van der Waals surface area contributed by atoms with E-state index in [1.165, 1.54) is 16.7 Å². The fourth-order valence-electron chi connectivity index (χ4n) is 3.37. The Morgan fingerprint density at radius 2 is 1.21 bits per heavy atom. The first kappa shape index (κ1) is 24.1. The van der Waals surface area contributed by atoms with Crippen molar-refractivity contribution in [2.45, 2.75) is 78.6 Å². The van der Waals surface area contributed by atoms with Gasteiger partial charge in [-0.3, -0.25) is 0 Å². The van der Waals surface area contributed by atoms with E-state index in [1.807, 2.05) is 18.2 Å². The zero-order valence-electron chi connectivity index (χ0n) is 19.8. The Morgan fingerprint density at radius 1 is 0.759 bits per heavy atom. The first-order chi connectivity index (χ1) is 13.1. The minimum absolute atomic E-state index is 0.0335. The average molecular weight is 432 g/mol. The van der Waals surface area contributed by atoms with Gasteiger partial charge in [-0.05, 0) is 56.9 Å². The van der Waals surface area contributed by atoms with Gasteiger partial charge in [0.2, 0.25) is 0 Å². The Bertz CT molecular complexity index is 864. The smallest absolute Gasteiger partial charge is 0.183 e. The Hall–Kier alpha value is -1.15. The summed E-state index contributed by atoms with van der Waals surface area (Å²) in [4.78, 5) is 0. The second kappa shape index (κ2) is 8.17. The summed E-state index contributed by atoms with van der Waals surface area (Å²) in [5.74, 6) is 0. The second-order valence-electron chi connectivity index (χ2n) is 10.9. The van der Waals surface area contributed by atoms with Crippen molar-refractivity contribution in [1.29, 1.82) is 0 Å². The number of nitrogens with one attached hydrogen (secondary N) is 1. The number of anilines is 1. The molecule has 2 aromatic carbocycles. The molecule has 0 spiro atoms. The summed E-state index contributed by atoms with van der Waals surface area (Å²) >= 11 is 6.10. The Balaban J connectivity index is 2.83. The summed E-state index contributed by atoms with van der Waals surface area (Å²) in [7, 11) is 1.72. The van der Waals surface area contributed by atoms with Crippen LogP contribution in [0.3, 0.4) is 0 Å². The summed E-state index contributed by atoms with van der Waals surface area (Å²) < 4.78 is 5.98. The fourth-order valence-corrected chi connectivity index (χ4v) is 5.54. The van der Waals surface area contributed by atoms with Crippen molar-refractivity contribution >= 4 is 29.2 Å². The molecule has 0 radical (unpaired) electrons. The molecule has 0 amide bonds. The van der Waals surface area contributed by atoms with Crippen molar-refractivity contribution in [3.8, 4) is 0 Å². The van der Waals surface area contributed by atoms with Crippen LogP contribution in [0.15, 0.2) is 42.5 Å². The maximum absolute atomic E-state index is 6.10. The highest BCUT2D eigenvalue weighted by Gasteiger charge is 2.32. The van der Waals surface area contributed by atoms with Gasteiger partial charge in [0, 0.05) is 18.1 Å². The van der Waals surface area contributed by atoms with Crippen LogP contribution in [0.25, 0.3) is 0 Å². The van der Waals surface area contributed by atoms with Gasteiger partial charge in [-0.15, -0.1) is 0 Å². The van der Waals surface area contributed by atoms with E-state index in [2.05, 4.69) is 91.7 Å². The van der Waals surface area contributed by atoms with E-state index >= 15 is 0 Å². The molecule has 160 valence electrons. The van der Waals surface area contributed by atoms with Crippen LogP contribution >= 0.6 is 6.42 Å². The SMILES string of the molecule is CO[P@@](=S)(Nc1c(C(C)(C)C)cc(C(C)(C)C)cc1C(C)(C)C)c1ccccc1. The van der Waals surface area contributed by atoms with Crippen molar-refractivity contribution in [2.24, 2.45) is 0 Å². The number of hydrogen-bond acceptors (Lipinski definition) is 2. The third-order valence-corrected chi connectivity index (χ3v) is 8.60. The van der Waals surface area contributed by atoms with Crippen LogP contribution in [0.2, 0.25) is 0 Å². The van der Waals surface area contributed by atoms with Crippen molar-refractivity contribution in [3.63, 3.8) is 0 Å². The van der Waals surface area contributed by atoms with Gasteiger partial charge in [-0.2, -0.15) is 0 Å². The molecule has 2 aromatic rings. The summed E-state index contributed by atoms with van der Waals surface area (Å²) in [5, 5.41) is 4.79. The van der Waals surface area contributed by atoms with E-state index in [4.69, 9.17) is 16.3 Å². The van der Waals surface area contributed by atoms with Gasteiger partial charge in [0.25, 0.3) is 0 Å². The molecule has 2 nitrogen and oxygen atoms in total. The van der Waals surface area contributed by atoms with Crippen LogP contribution in [-0.2, 0) is 32.6 Å². The van der Waals surface area contributed by atoms with E-state index in [9.17, 15) is 0 Å². The lowest BCUT2D eigenvalue weighted by Gasteiger charge is -2.36. The number of hydrogen-bond donors (Lipinski definition) is 1. The lowest BCUT2D eigenvalue weighted by Crippen LogP contribution is -2.25. The van der Waals surface area contributed by atoms with Gasteiger partial charge >= 0.3 is 0 Å². The Labute approximate surface area is 183 Å². The van der Waals surface area contributed by atoms with Crippen LogP contribution in [0.4, 0.5) is 5.69 Å². The zero-order valence-corrected chi connectivity index (χ0v) is 21.5. The molecule has 0 unspecified atom stereocenters. The minimum atomic E-state index is -2.44. The molecule has 29 heavy (non-hydrogen) atoms. The lowest BCUT2D eigenvalue weighted by molar-refractivity contribution is 0.468. The summed E-state index contributed by atoms with van der Waals surface area (Å²) in [5.41, 5.74) is 5.06. The zero-order chi connectivity index (χ0) is 22.3. The topological polar surface area (TPSA) is 21.3 Å². The third kappa shape index (κ3) is 5.51. The van der Waals surface area contributed by atoms with Gasteiger partial charge in [0.15, 0.2) is 6.42 Å². The molecule has 0 aliphatic carbocycles. The molecule has 4 heteroatoms. The third-order valence-electron chi connectivity index (χ3n) is 5.23. The molecule has 1 atom stereocenters. The highest BCUT2D eigenvalue weighted by atomic mass is 32.4. The van der Waals surface area contributed by atoms with E-state index in [0.29, 0.717) is 0 Å². The van der Waals surface area contributed by atoms with Gasteiger partial charge in [0.1, 0.15) is 0 Å². The maximum atomic E-state index is 6.10. The average Bonchev–Trinajstić information content (AvgIpc) is 2.59. The molecule has 0 saturated carbocycles. The van der Waals surface area contributed by atoms with Gasteiger partial charge in [-0.1, -0.05) is 92.6 Å². The maximum Gasteiger partial charge on any atom is 0.183 e. The van der Waals surface area contributed by atoms with E-state index in [0.717, 1.165) is 11.0 Å². The first-order valence-corrected chi connectivity index (χ1v) is 13.0. The molecule has 2 rings (SSSR count). The van der Waals surface area contributed by atoms with Crippen LogP contribution in [0.5, 0.6) is 0 Å². The van der Waals surface area contributed by atoms with Crippen molar-refractivity contribution < 1.29 is 4.52 Å². The molecule has 0 saturated heterocycles. The Kier molecular flexibility index (Phi) is 6.80. The summed E-state index contributed by atoms with van der Waals surface area (Å²) in [6.07, 6.45) is -2.44. The van der Waals surface area contributed by atoms with Crippen LogP contribution < -0.4 is 10.4 Å². The number of rotatable bonds is 4. The molecule has 1 N–H and O–H groups in total. The summed E-state index contributed by atoms with van der Waals surface area (Å²) in [6, 6.07) is 14.9. The predicted octanol–water partition coefficient (Wildman–Crippen LogP) is 7.27. The molecule has 0 heterocycles. The molecule has 0 aromatic heterocycles. The second-order valence-corrected chi connectivity index (χ2v) is 14.6. The van der Waals surface area contributed by atoms with Gasteiger partial charge in [0.05, 0.1) is 0 Å². The summed E-state index contributed by atoms with van der Waals surface area (Å²) in [6.45, 7) is 20.4. The van der Waals surface area contributed by atoms with Crippen LogP contribution in [-0.4, -0.2) is 7.11 Å². The highest BCUT2D eigenvalue weighted by molar-refractivity contribution is 8.16. The van der Waals surface area contributed by atoms with Crippen LogP contribution in [0, 0.1) is 0 Å². The van der Waals surface area contributed by atoms with Gasteiger partial charge in [-0.25, -0.2) is 0 Å². The van der Waals surface area contributed by atoms with Crippen molar-refractivity contribution in [3.05, 3.63) is 59.2 Å². The van der Waals surface area contributed by atoms with Crippen molar-refractivity contribution in [2.75, 3.05) is 12.2 Å². The minimum Gasteiger partial charge on any atom is -0.334 e. The molecule has 0 aliphatic rings. The highest BCUT2D eigenvalue weighted by Crippen LogP contribution is 2.50. The molecular formula is C25H38NOPS.